The molecule has 1 amide bonds. The minimum Gasteiger partial charge on any atom is -0.508 e. The second kappa shape index (κ2) is 4.97. The molecule has 1 fully saturated rings. The molecule has 1 aliphatic rings. The molecule has 5 heteroatoms. The fourth-order valence-corrected chi connectivity index (χ4v) is 1.79. The van der Waals surface area contributed by atoms with E-state index in [9.17, 15) is 4.79 Å². The number of hydrogen-bond acceptors (Lipinski definition) is 3. The summed E-state index contributed by atoms with van der Waals surface area (Å²) in [6, 6.07) is 6.57. The molecule has 1 aliphatic heterocycles. The number of carbonyl (C=O) groups excluding carboxylic acids is 1. The summed E-state index contributed by atoms with van der Waals surface area (Å²) in [5, 5.41) is 14.9. The standard InChI is InChI=1S/C12H12N2O2S/c15-9-6-4-8(5-7-9)2-1-3-10-11(16)14-12(17)13-10/h1-2,4-7,10,15H,3H2,(H2,13,14,16,17). The lowest BCUT2D eigenvalue weighted by atomic mass is 10.1. The molecular formula is C12H12N2O2S. The van der Waals surface area contributed by atoms with E-state index in [-0.39, 0.29) is 17.7 Å². The van der Waals surface area contributed by atoms with Crippen LogP contribution in [-0.4, -0.2) is 22.2 Å². The van der Waals surface area contributed by atoms with Gasteiger partial charge in [-0.25, -0.2) is 0 Å². The van der Waals surface area contributed by atoms with Gasteiger partial charge in [0.05, 0.1) is 0 Å². The Hall–Kier alpha value is -1.88. The topological polar surface area (TPSA) is 61.4 Å². The highest BCUT2D eigenvalue weighted by atomic mass is 32.1. The van der Waals surface area contributed by atoms with E-state index < -0.39 is 0 Å². The number of aromatic hydroxyl groups is 1. The van der Waals surface area contributed by atoms with Crippen molar-refractivity contribution >= 4 is 29.3 Å². The van der Waals surface area contributed by atoms with E-state index in [1.165, 1.54) is 0 Å². The molecule has 1 atom stereocenters. The molecule has 0 spiro atoms. The Morgan fingerprint density at radius 2 is 2.06 bits per heavy atom. The number of benzene rings is 1. The van der Waals surface area contributed by atoms with Gasteiger partial charge >= 0.3 is 0 Å². The van der Waals surface area contributed by atoms with Gasteiger partial charge in [0, 0.05) is 0 Å². The van der Waals surface area contributed by atoms with Crippen molar-refractivity contribution in [3.05, 3.63) is 35.9 Å². The number of phenols is 1. The molecule has 17 heavy (non-hydrogen) atoms. The number of amides is 1. The van der Waals surface area contributed by atoms with Gasteiger partial charge in [-0.1, -0.05) is 24.3 Å². The molecule has 1 aromatic rings. The first-order chi connectivity index (χ1) is 8.15. The van der Waals surface area contributed by atoms with Crippen molar-refractivity contribution in [1.29, 1.82) is 0 Å². The average molecular weight is 248 g/mol. The average Bonchev–Trinajstić information content (AvgIpc) is 2.60. The lowest BCUT2D eigenvalue weighted by Gasteiger charge is -2.02. The molecule has 1 unspecified atom stereocenters. The zero-order valence-corrected chi connectivity index (χ0v) is 9.83. The second-order valence-electron chi connectivity index (χ2n) is 3.74. The summed E-state index contributed by atoms with van der Waals surface area (Å²) in [4.78, 5) is 11.3. The first-order valence-corrected chi connectivity index (χ1v) is 5.63. The molecular weight excluding hydrogens is 236 g/mol. The Morgan fingerprint density at radius 1 is 1.35 bits per heavy atom. The number of thiocarbonyl (C=S) groups is 1. The van der Waals surface area contributed by atoms with Crippen molar-refractivity contribution in [3.8, 4) is 5.75 Å². The number of hydrogen-bond donors (Lipinski definition) is 3. The zero-order chi connectivity index (χ0) is 12.3. The summed E-state index contributed by atoms with van der Waals surface area (Å²) in [7, 11) is 0. The highest BCUT2D eigenvalue weighted by molar-refractivity contribution is 7.80. The van der Waals surface area contributed by atoms with Crippen molar-refractivity contribution in [1.82, 2.24) is 10.6 Å². The normalized spacial score (nSPS) is 19.4. The molecule has 2 rings (SSSR count). The molecule has 1 aromatic carbocycles. The lowest BCUT2D eigenvalue weighted by molar-refractivity contribution is -0.120. The number of phenolic OH excluding ortho intramolecular Hbond substituents is 1. The van der Waals surface area contributed by atoms with E-state index in [4.69, 9.17) is 17.3 Å². The van der Waals surface area contributed by atoms with Gasteiger partial charge in [0.25, 0.3) is 0 Å². The van der Waals surface area contributed by atoms with Crippen molar-refractivity contribution < 1.29 is 9.90 Å². The maximum absolute atomic E-state index is 11.3. The van der Waals surface area contributed by atoms with Gasteiger partial charge in [-0.05, 0) is 36.3 Å². The van der Waals surface area contributed by atoms with Gasteiger partial charge in [-0.15, -0.1) is 0 Å². The van der Waals surface area contributed by atoms with Gasteiger partial charge in [0.1, 0.15) is 11.8 Å². The van der Waals surface area contributed by atoms with Crippen LogP contribution in [0.3, 0.4) is 0 Å². The van der Waals surface area contributed by atoms with Crippen LogP contribution in [0.2, 0.25) is 0 Å². The van der Waals surface area contributed by atoms with Crippen molar-refractivity contribution in [2.24, 2.45) is 0 Å². The van der Waals surface area contributed by atoms with E-state index in [2.05, 4.69) is 10.6 Å². The number of nitrogens with one attached hydrogen (secondary N) is 2. The van der Waals surface area contributed by atoms with Crippen molar-refractivity contribution in [2.75, 3.05) is 0 Å². The van der Waals surface area contributed by atoms with Crippen LogP contribution in [-0.2, 0) is 4.79 Å². The summed E-state index contributed by atoms with van der Waals surface area (Å²) in [6.07, 6.45) is 4.38. The van der Waals surface area contributed by atoms with Crippen LogP contribution in [0.1, 0.15) is 12.0 Å². The van der Waals surface area contributed by atoms with Gasteiger partial charge < -0.3 is 15.7 Å². The first kappa shape index (κ1) is 11.6. The van der Waals surface area contributed by atoms with Gasteiger partial charge in [-0.3, -0.25) is 4.79 Å². The SMILES string of the molecule is O=C1NC(=S)NC1CC=Cc1ccc(O)cc1. The summed E-state index contributed by atoms with van der Waals surface area (Å²) in [5.74, 6) is 0.148. The van der Waals surface area contributed by atoms with Gasteiger partial charge in [-0.2, -0.15) is 0 Å². The second-order valence-corrected chi connectivity index (χ2v) is 4.15. The predicted octanol–water partition coefficient (Wildman–Crippen LogP) is 1.17. The van der Waals surface area contributed by atoms with Gasteiger partial charge in [0.15, 0.2) is 5.11 Å². The van der Waals surface area contributed by atoms with Crippen molar-refractivity contribution in [2.45, 2.75) is 12.5 Å². The quantitative estimate of drug-likeness (QED) is 0.703. The third-order valence-electron chi connectivity index (χ3n) is 2.43. The first-order valence-electron chi connectivity index (χ1n) is 5.22. The Labute approximate surface area is 104 Å². The monoisotopic (exact) mass is 248 g/mol. The third kappa shape index (κ3) is 3.04. The highest BCUT2D eigenvalue weighted by Crippen LogP contribution is 2.11. The molecule has 4 nitrogen and oxygen atoms in total. The molecule has 88 valence electrons. The maximum atomic E-state index is 11.3. The number of carbonyl (C=O) groups is 1. The molecule has 0 aromatic heterocycles. The van der Waals surface area contributed by atoms with Crippen LogP contribution >= 0.6 is 12.2 Å². The van der Waals surface area contributed by atoms with E-state index >= 15 is 0 Å². The Kier molecular flexibility index (Phi) is 3.39. The largest absolute Gasteiger partial charge is 0.508 e. The lowest BCUT2D eigenvalue weighted by Crippen LogP contribution is -2.27. The van der Waals surface area contributed by atoms with E-state index in [0.717, 1.165) is 5.56 Å². The van der Waals surface area contributed by atoms with Crippen molar-refractivity contribution in [3.63, 3.8) is 0 Å². The minimum atomic E-state index is -0.282. The number of rotatable bonds is 3. The third-order valence-corrected chi connectivity index (χ3v) is 2.65. The molecule has 0 radical (unpaired) electrons. The Morgan fingerprint density at radius 3 is 2.65 bits per heavy atom. The maximum Gasteiger partial charge on any atom is 0.248 e. The zero-order valence-electron chi connectivity index (χ0n) is 9.01. The smallest absolute Gasteiger partial charge is 0.248 e. The van der Waals surface area contributed by atoms with Crippen LogP contribution in [0.25, 0.3) is 6.08 Å². The molecule has 1 heterocycles. The summed E-state index contributed by atoms with van der Waals surface area (Å²) < 4.78 is 0. The Bertz CT molecular complexity index is 468. The molecule has 0 saturated carbocycles. The fraction of sp³-hybridized carbons (Fsp3) is 0.167. The van der Waals surface area contributed by atoms with Crippen LogP contribution in [0.4, 0.5) is 0 Å². The molecule has 1 saturated heterocycles. The molecule has 3 N–H and O–H groups in total. The van der Waals surface area contributed by atoms with E-state index in [1.54, 1.807) is 24.3 Å². The highest BCUT2D eigenvalue weighted by Gasteiger charge is 2.25. The van der Waals surface area contributed by atoms with E-state index in [0.29, 0.717) is 11.5 Å². The van der Waals surface area contributed by atoms with Crippen LogP contribution in [0.5, 0.6) is 5.75 Å². The Balaban J connectivity index is 1.92. The molecule has 0 bridgehead atoms. The fourth-order valence-electron chi connectivity index (χ4n) is 1.55. The minimum absolute atomic E-state index is 0.0923. The summed E-state index contributed by atoms with van der Waals surface area (Å²) >= 11 is 4.84. The summed E-state index contributed by atoms with van der Waals surface area (Å²) in [6.45, 7) is 0. The van der Waals surface area contributed by atoms with E-state index in [1.807, 2.05) is 12.2 Å². The molecule has 0 aliphatic carbocycles. The predicted molar refractivity (Wildman–Crippen MR) is 69.4 cm³/mol. The summed E-state index contributed by atoms with van der Waals surface area (Å²) in [5.41, 5.74) is 0.976. The van der Waals surface area contributed by atoms with Crippen LogP contribution < -0.4 is 10.6 Å². The van der Waals surface area contributed by atoms with Crippen LogP contribution in [0.15, 0.2) is 30.3 Å². The van der Waals surface area contributed by atoms with Crippen LogP contribution in [0, 0.1) is 0 Å². The van der Waals surface area contributed by atoms with Gasteiger partial charge in [0.2, 0.25) is 5.91 Å².